The van der Waals surface area contributed by atoms with Crippen LogP contribution in [0.5, 0.6) is 0 Å². The van der Waals surface area contributed by atoms with Gasteiger partial charge in [-0.15, -0.1) is 0 Å². The molecule has 1 aromatic rings. The minimum atomic E-state index is -1.15. The van der Waals surface area contributed by atoms with Crippen LogP contribution >= 0.6 is 11.6 Å². The van der Waals surface area contributed by atoms with Gasteiger partial charge >= 0.3 is 5.97 Å². The number of hydrogen-bond donors (Lipinski definition) is 2. The topological polar surface area (TPSA) is 77.8 Å². The van der Waals surface area contributed by atoms with Crippen LogP contribution in [-0.2, 0) is 9.59 Å². The minimum absolute atomic E-state index is 0.0112. The van der Waals surface area contributed by atoms with E-state index in [2.05, 4.69) is 0 Å². The van der Waals surface area contributed by atoms with Crippen molar-refractivity contribution in [2.24, 2.45) is 0 Å². The van der Waals surface area contributed by atoms with Crippen LogP contribution in [0.2, 0.25) is 5.02 Å². The third kappa shape index (κ3) is 3.59. The predicted molar refractivity (Wildman–Crippen MR) is 74.2 cm³/mol. The molecule has 1 saturated heterocycles. The number of likely N-dealkylation sites (tertiary alicyclic amines) is 1. The van der Waals surface area contributed by atoms with Crippen molar-refractivity contribution in [3.05, 3.63) is 40.7 Å². The number of aliphatic carboxylic acids is 1. The summed E-state index contributed by atoms with van der Waals surface area (Å²) < 4.78 is 13.0. The summed E-state index contributed by atoms with van der Waals surface area (Å²) >= 11 is 5.63. The number of β-amino-alcohol motifs (C(OH)–C–C–N with tert-alkyl or cyclic N) is 1. The fourth-order valence-corrected chi connectivity index (χ4v) is 2.36. The summed E-state index contributed by atoms with van der Waals surface area (Å²) in [6, 6.07) is 2.94. The molecule has 0 aliphatic carbocycles. The molecule has 0 spiro atoms. The van der Waals surface area contributed by atoms with Crippen molar-refractivity contribution >= 4 is 29.6 Å². The number of amides is 1. The zero-order valence-electron chi connectivity index (χ0n) is 10.9. The van der Waals surface area contributed by atoms with E-state index in [4.69, 9.17) is 16.7 Å². The average Bonchev–Trinajstić information content (AvgIpc) is 2.82. The van der Waals surface area contributed by atoms with Gasteiger partial charge in [-0.05, 0) is 23.8 Å². The lowest BCUT2D eigenvalue weighted by Gasteiger charge is -2.19. The Morgan fingerprint density at radius 1 is 1.43 bits per heavy atom. The zero-order chi connectivity index (χ0) is 15.6. The van der Waals surface area contributed by atoms with Gasteiger partial charge in [0.1, 0.15) is 11.9 Å². The van der Waals surface area contributed by atoms with Gasteiger partial charge in [0, 0.05) is 19.0 Å². The van der Waals surface area contributed by atoms with Gasteiger partial charge in [0.25, 0.3) is 0 Å². The van der Waals surface area contributed by atoms with Crippen LogP contribution in [0.1, 0.15) is 12.0 Å². The Balaban J connectivity index is 2.11. The number of carbonyl (C=O) groups is 2. The molecule has 2 atom stereocenters. The molecule has 1 aliphatic heterocycles. The third-order valence-corrected chi connectivity index (χ3v) is 3.50. The van der Waals surface area contributed by atoms with E-state index < -0.39 is 29.8 Å². The molecular weight excluding hydrogens is 301 g/mol. The quantitative estimate of drug-likeness (QED) is 0.830. The van der Waals surface area contributed by atoms with Crippen LogP contribution in [0.4, 0.5) is 4.39 Å². The van der Waals surface area contributed by atoms with E-state index >= 15 is 0 Å². The lowest BCUT2D eigenvalue weighted by Crippen LogP contribution is -2.39. The normalized spacial score (nSPS) is 22.0. The summed E-state index contributed by atoms with van der Waals surface area (Å²) in [6.07, 6.45) is 1.76. The van der Waals surface area contributed by atoms with Crippen LogP contribution in [0, 0.1) is 5.82 Å². The third-order valence-electron chi connectivity index (χ3n) is 3.21. The van der Waals surface area contributed by atoms with Gasteiger partial charge in [0.15, 0.2) is 0 Å². The van der Waals surface area contributed by atoms with E-state index in [-0.39, 0.29) is 18.0 Å². The molecule has 2 N–H and O–H groups in total. The number of aliphatic hydroxyl groups is 1. The molecule has 0 unspecified atom stereocenters. The van der Waals surface area contributed by atoms with Crippen molar-refractivity contribution in [3.8, 4) is 0 Å². The van der Waals surface area contributed by atoms with Crippen molar-refractivity contribution in [2.75, 3.05) is 6.54 Å². The Morgan fingerprint density at radius 2 is 2.14 bits per heavy atom. The maximum Gasteiger partial charge on any atom is 0.326 e. The van der Waals surface area contributed by atoms with Crippen LogP contribution in [0.15, 0.2) is 24.3 Å². The predicted octanol–water partition coefficient (Wildman–Crippen LogP) is 1.54. The second-order valence-electron chi connectivity index (χ2n) is 4.74. The van der Waals surface area contributed by atoms with E-state index in [9.17, 15) is 19.1 Å². The van der Waals surface area contributed by atoms with Crippen molar-refractivity contribution in [1.29, 1.82) is 0 Å². The van der Waals surface area contributed by atoms with Crippen molar-refractivity contribution < 1.29 is 24.2 Å². The molecular formula is C14H13ClFNO4. The molecule has 1 fully saturated rings. The molecule has 5 nitrogen and oxygen atoms in total. The Labute approximate surface area is 125 Å². The Kier molecular flexibility index (Phi) is 4.59. The number of hydrogen-bond acceptors (Lipinski definition) is 3. The van der Waals surface area contributed by atoms with E-state index in [1.807, 2.05) is 0 Å². The lowest BCUT2D eigenvalue weighted by atomic mass is 10.2. The molecule has 7 heteroatoms. The summed E-state index contributed by atoms with van der Waals surface area (Å²) in [6.45, 7) is -0.0235. The van der Waals surface area contributed by atoms with Crippen LogP contribution in [0.25, 0.3) is 6.08 Å². The number of carbonyl (C=O) groups excluding carboxylic acids is 1. The highest BCUT2D eigenvalue weighted by Crippen LogP contribution is 2.20. The number of aliphatic hydroxyl groups excluding tert-OH is 1. The van der Waals surface area contributed by atoms with Gasteiger partial charge in [-0.3, -0.25) is 4.79 Å². The van der Waals surface area contributed by atoms with Gasteiger partial charge in [-0.1, -0.05) is 17.7 Å². The highest BCUT2D eigenvalue weighted by atomic mass is 35.5. The zero-order valence-corrected chi connectivity index (χ0v) is 11.6. The van der Waals surface area contributed by atoms with Crippen molar-refractivity contribution in [2.45, 2.75) is 18.6 Å². The number of rotatable bonds is 3. The molecule has 1 heterocycles. The van der Waals surface area contributed by atoms with Gasteiger partial charge in [-0.25, -0.2) is 9.18 Å². The van der Waals surface area contributed by atoms with Crippen LogP contribution in [-0.4, -0.2) is 45.7 Å². The van der Waals surface area contributed by atoms with E-state index in [0.717, 1.165) is 4.90 Å². The summed E-state index contributed by atoms with van der Waals surface area (Å²) in [5.74, 6) is -2.24. The van der Waals surface area contributed by atoms with Gasteiger partial charge in [0.05, 0.1) is 11.1 Å². The van der Waals surface area contributed by atoms with Crippen molar-refractivity contribution in [1.82, 2.24) is 4.90 Å². The molecule has 112 valence electrons. The fraction of sp³-hybridized carbons (Fsp3) is 0.286. The second-order valence-corrected chi connectivity index (χ2v) is 5.15. The number of halogens is 2. The van der Waals surface area contributed by atoms with E-state index in [1.165, 1.54) is 30.4 Å². The summed E-state index contributed by atoms with van der Waals surface area (Å²) in [5.41, 5.74) is 0.515. The maximum atomic E-state index is 13.0. The molecule has 0 bridgehead atoms. The van der Waals surface area contributed by atoms with Crippen molar-refractivity contribution in [3.63, 3.8) is 0 Å². The smallest absolute Gasteiger partial charge is 0.326 e. The molecule has 1 amide bonds. The largest absolute Gasteiger partial charge is 0.480 e. The molecule has 0 radical (unpaired) electrons. The van der Waals surface area contributed by atoms with Crippen LogP contribution < -0.4 is 0 Å². The number of carboxylic acids is 1. The summed E-state index contributed by atoms with van der Waals surface area (Å²) in [4.78, 5) is 24.1. The fourth-order valence-electron chi connectivity index (χ4n) is 2.17. The second kappa shape index (κ2) is 6.24. The maximum absolute atomic E-state index is 13.0. The highest BCUT2D eigenvalue weighted by molar-refractivity contribution is 6.30. The van der Waals surface area contributed by atoms with Gasteiger partial charge in [-0.2, -0.15) is 0 Å². The first-order valence-corrected chi connectivity index (χ1v) is 6.61. The van der Waals surface area contributed by atoms with Gasteiger partial charge < -0.3 is 15.1 Å². The Bertz CT molecular complexity index is 605. The summed E-state index contributed by atoms with van der Waals surface area (Å²) in [7, 11) is 0. The van der Waals surface area contributed by atoms with Gasteiger partial charge in [0.2, 0.25) is 5.91 Å². The first kappa shape index (κ1) is 15.5. The average molecular weight is 314 g/mol. The molecule has 0 saturated carbocycles. The SMILES string of the molecule is O=C(O)[C@@H]1C[C@@H](O)CN1C(=O)C=Cc1ccc(F)c(Cl)c1. The molecule has 21 heavy (non-hydrogen) atoms. The number of benzene rings is 1. The molecule has 1 aromatic carbocycles. The van der Waals surface area contributed by atoms with E-state index in [1.54, 1.807) is 0 Å². The summed E-state index contributed by atoms with van der Waals surface area (Å²) in [5, 5.41) is 18.4. The number of carboxylic acid groups (broad SMARTS) is 1. The molecule has 0 aromatic heterocycles. The first-order valence-electron chi connectivity index (χ1n) is 6.23. The molecule has 1 aliphatic rings. The van der Waals surface area contributed by atoms with E-state index in [0.29, 0.717) is 5.56 Å². The van der Waals surface area contributed by atoms with Crippen LogP contribution in [0.3, 0.4) is 0 Å². The Hall–Kier alpha value is -1.92. The Morgan fingerprint density at radius 3 is 2.76 bits per heavy atom. The number of nitrogens with zero attached hydrogens (tertiary/aromatic N) is 1. The first-order chi connectivity index (χ1) is 9.88. The highest BCUT2D eigenvalue weighted by Gasteiger charge is 2.37. The molecule has 2 rings (SSSR count). The minimum Gasteiger partial charge on any atom is -0.480 e. The lowest BCUT2D eigenvalue weighted by molar-refractivity contribution is -0.146. The monoisotopic (exact) mass is 313 g/mol. The standard InChI is InChI=1S/C14H13ClFNO4/c15-10-5-8(1-3-11(10)16)2-4-13(19)17-7-9(18)6-12(17)14(20)21/h1-5,9,12,18H,6-7H2,(H,20,21)/t9-,12+/m1/s1.